The van der Waals surface area contributed by atoms with Crippen molar-refractivity contribution in [3.8, 4) is 0 Å². The van der Waals surface area contributed by atoms with Gasteiger partial charge in [-0.3, -0.25) is 0 Å². The summed E-state index contributed by atoms with van der Waals surface area (Å²) in [6.45, 7) is 1.57. The van der Waals surface area contributed by atoms with Crippen LogP contribution in [0.25, 0.3) is 10.2 Å². The lowest BCUT2D eigenvalue weighted by Crippen LogP contribution is -2.16. The van der Waals surface area contributed by atoms with Crippen LogP contribution >= 0.6 is 38.9 Å². The number of nitrogens with zero attached hydrogens (tertiary/aromatic N) is 2. The number of hydrogen-bond acceptors (Lipinski definition) is 4. The van der Waals surface area contributed by atoms with Gasteiger partial charge in [0.15, 0.2) is 5.15 Å². The van der Waals surface area contributed by atoms with Crippen LogP contribution in [0.4, 0.5) is 0 Å². The fourth-order valence-electron chi connectivity index (χ4n) is 2.01. The number of hydrogen-bond donors (Lipinski definition) is 0. The second kappa shape index (κ2) is 4.80. The number of fused-ring (bicyclic) bond motifs is 1. The molecule has 3 nitrogen and oxygen atoms in total. The predicted molar refractivity (Wildman–Crippen MR) is 72.9 cm³/mol. The first-order valence-corrected chi connectivity index (χ1v) is 7.48. The summed E-state index contributed by atoms with van der Waals surface area (Å²) in [5, 5.41) is 2.56. The lowest BCUT2D eigenvalue weighted by atomic mass is 9.99. The van der Waals surface area contributed by atoms with Crippen molar-refractivity contribution in [3.05, 3.63) is 20.8 Å². The van der Waals surface area contributed by atoms with Gasteiger partial charge in [0.1, 0.15) is 11.3 Å². The molecule has 1 fully saturated rings. The predicted octanol–water partition coefficient (Wildman–Crippen LogP) is 4.00. The number of ether oxygens (including phenoxy) is 1. The minimum absolute atomic E-state index is 0.373. The molecule has 0 amide bonds. The molecule has 6 heteroatoms. The van der Waals surface area contributed by atoms with Crippen LogP contribution < -0.4 is 0 Å². The standard InChI is InChI=1S/C11H10BrClN2OS/c12-7-5-17-9-8(7)14-11(15-10(9)13)6-1-3-16-4-2-6/h5-6H,1-4H2. The maximum atomic E-state index is 6.20. The molecule has 0 N–H and O–H groups in total. The first kappa shape index (κ1) is 11.8. The Bertz CT molecular complexity index is 554. The van der Waals surface area contributed by atoms with Crippen molar-refractivity contribution in [2.75, 3.05) is 13.2 Å². The van der Waals surface area contributed by atoms with E-state index in [0.29, 0.717) is 11.1 Å². The fraction of sp³-hybridized carbons (Fsp3) is 0.455. The van der Waals surface area contributed by atoms with E-state index >= 15 is 0 Å². The molecule has 2 aromatic rings. The van der Waals surface area contributed by atoms with Gasteiger partial charge in [-0.25, -0.2) is 9.97 Å². The molecule has 3 rings (SSSR count). The van der Waals surface area contributed by atoms with E-state index in [1.807, 2.05) is 5.38 Å². The van der Waals surface area contributed by atoms with Crippen LogP contribution in [-0.4, -0.2) is 23.2 Å². The van der Waals surface area contributed by atoms with Crippen molar-refractivity contribution in [2.24, 2.45) is 0 Å². The molecule has 3 heterocycles. The average Bonchev–Trinajstić information content (AvgIpc) is 2.73. The molecule has 0 unspecified atom stereocenters. The smallest absolute Gasteiger partial charge is 0.150 e. The number of thiophene rings is 1. The molecule has 0 spiro atoms. The molecule has 17 heavy (non-hydrogen) atoms. The first-order chi connectivity index (χ1) is 8.25. The third kappa shape index (κ3) is 2.21. The molecule has 90 valence electrons. The van der Waals surface area contributed by atoms with Crippen LogP contribution in [0.5, 0.6) is 0 Å². The Balaban J connectivity index is 2.07. The Kier molecular flexibility index (Phi) is 3.34. The van der Waals surface area contributed by atoms with Gasteiger partial charge < -0.3 is 4.74 Å². The third-order valence-corrected chi connectivity index (χ3v) is 5.20. The van der Waals surface area contributed by atoms with E-state index in [9.17, 15) is 0 Å². The van der Waals surface area contributed by atoms with E-state index in [0.717, 1.165) is 46.6 Å². The molecule has 0 bridgehead atoms. The van der Waals surface area contributed by atoms with Gasteiger partial charge in [-0.05, 0) is 28.8 Å². The van der Waals surface area contributed by atoms with Crippen LogP contribution in [0.1, 0.15) is 24.6 Å². The minimum Gasteiger partial charge on any atom is -0.381 e. The normalized spacial score (nSPS) is 17.8. The lowest BCUT2D eigenvalue weighted by molar-refractivity contribution is 0.0836. The Labute approximate surface area is 116 Å². The monoisotopic (exact) mass is 332 g/mol. The van der Waals surface area contributed by atoms with Gasteiger partial charge >= 0.3 is 0 Å². The third-order valence-electron chi connectivity index (χ3n) is 2.93. The maximum absolute atomic E-state index is 6.20. The molecule has 0 atom stereocenters. The zero-order valence-corrected chi connectivity index (χ0v) is 12.1. The summed E-state index contributed by atoms with van der Waals surface area (Å²) in [4.78, 5) is 9.06. The maximum Gasteiger partial charge on any atom is 0.150 e. The second-order valence-electron chi connectivity index (χ2n) is 4.02. The van der Waals surface area contributed by atoms with Gasteiger partial charge in [-0.2, -0.15) is 0 Å². The Morgan fingerprint density at radius 1 is 1.35 bits per heavy atom. The molecule has 0 aliphatic carbocycles. The number of halogens is 2. The largest absolute Gasteiger partial charge is 0.381 e. The average molecular weight is 334 g/mol. The van der Waals surface area contributed by atoms with Crippen LogP contribution in [0.2, 0.25) is 5.15 Å². The van der Waals surface area contributed by atoms with Crippen LogP contribution in [0, 0.1) is 0 Å². The molecule has 0 aromatic carbocycles. The van der Waals surface area contributed by atoms with Crippen molar-refractivity contribution < 1.29 is 4.74 Å². The summed E-state index contributed by atoms with van der Waals surface area (Å²) >= 11 is 11.3. The highest BCUT2D eigenvalue weighted by molar-refractivity contribution is 9.10. The number of aromatic nitrogens is 2. The molecule has 0 radical (unpaired) electrons. The molecule has 1 aliphatic rings. The van der Waals surface area contributed by atoms with E-state index in [1.165, 1.54) is 0 Å². The summed E-state index contributed by atoms with van der Waals surface area (Å²) in [6, 6.07) is 0. The quantitative estimate of drug-likeness (QED) is 0.740. The van der Waals surface area contributed by atoms with Gasteiger partial charge in [0, 0.05) is 24.5 Å². The topological polar surface area (TPSA) is 35.0 Å². The van der Waals surface area contributed by atoms with Crippen molar-refractivity contribution >= 4 is 49.1 Å². The summed E-state index contributed by atoms with van der Waals surface area (Å²) < 4.78 is 7.30. The van der Waals surface area contributed by atoms with E-state index in [4.69, 9.17) is 16.3 Å². The van der Waals surface area contributed by atoms with E-state index in [1.54, 1.807) is 11.3 Å². The minimum atomic E-state index is 0.373. The Hall–Kier alpha value is -0.230. The van der Waals surface area contributed by atoms with Crippen molar-refractivity contribution in [3.63, 3.8) is 0 Å². The summed E-state index contributed by atoms with van der Waals surface area (Å²) in [5.74, 6) is 1.22. The van der Waals surface area contributed by atoms with Gasteiger partial charge in [0.25, 0.3) is 0 Å². The van der Waals surface area contributed by atoms with Crippen LogP contribution in [0.15, 0.2) is 9.85 Å². The van der Waals surface area contributed by atoms with E-state index in [-0.39, 0.29) is 0 Å². The molecular formula is C11H10BrClN2OS. The van der Waals surface area contributed by atoms with Gasteiger partial charge in [-0.1, -0.05) is 11.6 Å². The highest BCUT2D eigenvalue weighted by atomic mass is 79.9. The van der Waals surface area contributed by atoms with Crippen LogP contribution in [0.3, 0.4) is 0 Å². The summed E-state index contributed by atoms with van der Waals surface area (Å²) in [7, 11) is 0. The zero-order valence-electron chi connectivity index (χ0n) is 8.95. The number of rotatable bonds is 1. The first-order valence-electron chi connectivity index (χ1n) is 5.43. The summed E-state index contributed by atoms with van der Waals surface area (Å²) in [5.41, 5.74) is 0.927. The van der Waals surface area contributed by atoms with E-state index in [2.05, 4.69) is 25.9 Å². The fourth-order valence-corrected chi connectivity index (χ4v) is 3.76. The Morgan fingerprint density at radius 3 is 2.88 bits per heavy atom. The zero-order chi connectivity index (χ0) is 11.8. The van der Waals surface area contributed by atoms with Crippen molar-refractivity contribution in [2.45, 2.75) is 18.8 Å². The molecular weight excluding hydrogens is 324 g/mol. The lowest BCUT2D eigenvalue weighted by Gasteiger charge is -2.20. The SMILES string of the molecule is Clc1nc(C2CCOCC2)nc2c(Br)csc12. The molecule has 1 aliphatic heterocycles. The van der Waals surface area contributed by atoms with E-state index < -0.39 is 0 Å². The van der Waals surface area contributed by atoms with Crippen molar-refractivity contribution in [1.29, 1.82) is 0 Å². The molecule has 0 saturated carbocycles. The second-order valence-corrected chi connectivity index (χ2v) is 6.11. The highest BCUT2D eigenvalue weighted by Gasteiger charge is 2.21. The van der Waals surface area contributed by atoms with Gasteiger partial charge in [0.2, 0.25) is 0 Å². The van der Waals surface area contributed by atoms with Gasteiger partial charge in [-0.15, -0.1) is 11.3 Å². The van der Waals surface area contributed by atoms with Crippen LogP contribution in [-0.2, 0) is 4.74 Å². The Morgan fingerprint density at radius 2 is 2.12 bits per heavy atom. The van der Waals surface area contributed by atoms with Gasteiger partial charge in [0.05, 0.1) is 9.17 Å². The van der Waals surface area contributed by atoms with Crippen molar-refractivity contribution in [1.82, 2.24) is 9.97 Å². The highest BCUT2D eigenvalue weighted by Crippen LogP contribution is 2.35. The summed E-state index contributed by atoms with van der Waals surface area (Å²) in [6.07, 6.45) is 1.95. The molecule has 2 aromatic heterocycles. The molecule has 1 saturated heterocycles.